The zero-order valence-electron chi connectivity index (χ0n) is 19.4. The van der Waals surface area contributed by atoms with E-state index < -0.39 is 39.8 Å². The summed E-state index contributed by atoms with van der Waals surface area (Å²) in [6.45, 7) is 10.8. The van der Waals surface area contributed by atoms with E-state index in [1.807, 2.05) is 6.92 Å². The van der Waals surface area contributed by atoms with Gasteiger partial charge in [-0.1, -0.05) is 31.2 Å². The normalized spacial score (nSPS) is 27.0. The molecule has 0 bridgehead atoms. The number of nitrogens with zero attached hydrogens (tertiary/aromatic N) is 1. The van der Waals surface area contributed by atoms with E-state index in [2.05, 4.69) is 6.58 Å². The van der Waals surface area contributed by atoms with Crippen molar-refractivity contribution in [3.8, 4) is 0 Å². The molecule has 0 spiro atoms. The van der Waals surface area contributed by atoms with Gasteiger partial charge in [-0.3, -0.25) is 0 Å². The number of rotatable bonds is 6. The molecule has 1 aromatic carbocycles. The summed E-state index contributed by atoms with van der Waals surface area (Å²) in [6, 6.07) is 8.21. The molecule has 0 aliphatic carbocycles. The van der Waals surface area contributed by atoms with Gasteiger partial charge in [0.1, 0.15) is 11.7 Å². The largest absolute Gasteiger partial charge is 0.444 e. The van der Waals surface area contributed by atoms with Gasteiger partial charge in [0.15, 0.2) is 9.84 Å². The molecule has 33 heavy (non-hydrogen) atoms. The molecule has 2 aliphatic rings. The SMILES string of the molecule is C=CC[C@@H]1O[C@H](C[C@H]2CN(C(=O)OC(C)(C)C)C(=O)O2)[C@H](C)/C1=C/S(=O)(=O)c1ccccc1. The molecule has 2 heterocycles. The van der Waals surface area contributed by atoms with E-state index >= 15 is 0 Å². The lowest BCUT2D eigenvalue weighted by Gasteiger charge is -2.22. The van der Waals surface area contributed by atoms with Crippen LogP contribution in [-0.2, 0) is 24.0 Å². The van der Waals surface area contributed by atoms with E-state index in [-0.39, 0.29) is 23.5 Å². The molecule has 2 amide bonds. The van der Waals surface area contributed by atoms with Crippen molar-refractivity contribution in [2.75, 3.05) is 6.54 Å². The molecule has 2 saturated heterocycles. The maximum absolute atomic E-state index is 12.9. The summed E-state index contributed by atoms with van der Waals surface area (Å²) in [6.07, 6.45) is -0.466. The number of imide groups is 1. The zero-order valence-corrected chi connectivity index (χ0v) is 20.2. The second-order valence-corrected chi connectivity index (χ2v) is 11.1. The first-order valence-electron chi connectivity index (χ1n) is 10.9. The number of benzene rings is 1. The van der Waals surface area contributed by atoms with Crippen LogP contribution >= 0.6 is 0 Å². The van der Waals surface area contributed by atoms with Gasteiger partial charge >= 0.3 is 12.2 Å². The first-order chi connectivity index (χ1) is 15.4. The number of hydrogen-bond donors (Lipinski definition) is 0. The quantitative estimate of drug-likeness (QED) is 0.557. The van der Waals surface area contributed by atoms with Crippen molar-refractivity contribution in [3.63, 3.8) is 0 Å². The smallest absolute Gasteiger partial charge is 0.419 e. The summed E-state index contributed by atoms with van der Waals surface area (Å²) >= 11 is 0. The lowest BCUT2D eigenvalue weighted by atomic mass is 9.92. The Morgan fingerprint density at radius 2 is 1.94 bits per heavy atom. The predicted octanol–water partition coefficient (Wildman–Crippen LogP) is 4.47. The zero-order chi connectivity index (χ0) is 24.4. The summed E-state index contributed by atoms with van der Waals surface area (Å²) in [4.78, 5) is 25.6. The highest BCUT2D eigenvalue weighted by Gasteiger charge is 2.43. The Morgan fingerprint density at radius 1 is 1.27 bits per heavy atom. The van der Waals surface area contributed by atoms with Crippen LogP contribution in [0.2, 0.25) is 0 Å². The summed E-state index contributed by atoms with van der Waals surface area (Å²) in [5.41, 5.74) is -0.0857. The number of sulfone groups is 1. The number of hydrogen-bond acceptors (Lipinski definition) is 7. The van der Waals surface area contributed by atoms with Crippen molar-refractivity contribution in [2.45, 2.75) is 69.3 Å². The topological polar surface area (TPSA) is 99.2 Å². The number of cyclic esters (lactones) is 1. The second-order valence-electron chi connectivity index (χ2n) is 9.28. The first-order valence-corrected chi connectivity index (χ1v) is 12.4. The van der Waals surface area contributed by atoms with Gasteiger partial charge in [0.25, 0.3) is 0 Å². The molecule has 0 unspecified atom stereocenters. The van der Waals surface area contributed by atoms with Crippen LogP contribution in [0, 0.1) is 5.92 Å². The van der Waals surface area contributed by atoms with Crippen molar-refractivity contribution >= 4 is 22.0 Å². The highest BCUT2D eigenvalue weighted by atomic mass is 32.2. The summed E-state index contributed by atoms with van der Waals surface area (Å²) < 4.78 is 42.6. The molecule has 180 valence electrons. The number of carbonyl (C=O) groups is 2. The van der Waals surface area contributed by atoms with Gasteiger partial charge in [-0.15, -0.1) is 6.58 Å². The van der Waals surface area contributed by atoms with Crippen LogP contribution in [-0.4, -0.2) is 56.0 Å². The van der Waals surface area contributed by atoms with E-state index in [1.54, 1.807) is 57.2 Å². The van der Waals surface area contributed by atoms with Gasteiger partial charge in [0.05, 0.1) is 23.6 Å². The lowest BCUT2D eigenvalue weighted by Crippen LogP contribution is -2.38. The van der Waals surface area contributed by atoms with Crippen molar-refractivity contribution < 1.29 is 32.2 Å². The van der Waals surface area contributed by atoms with Crippen molar-refractivity contribution in [3.05, 3.63) is 54.0 Å². The third-order valence-electron chi connectivity index (χ3n) is 5.52. The minimum atomic E-state index is -3.66. The van der Waals surface area contributed by atoms with Crippen LogP contribution in [0.5, 0.6) is 0 Å². The van der Waals surface area contributed by atoms with Gasteiger partial charge in [-0.05, 0) is 44.9 Å². The molecule has 3 rings (SSSR count). The van der Waals surface area contributed by atoms with Crippen LogP contribution < -0.4 is 0 Å². The Labute approximate surface area is 195 Å². The number of ether oxygens (including phenoxy) is 3. The Morgan fingerprint density at radius 3 is 2.55 bits per heavy atom. The molecule has 0 saturated carbocycles. The monoisotopic (exact) mass is 477 g/mol. The molecule has 8 nitrogen and oxygen atoms in total. The van der Waals surface area contributed by atoms with Crippen LogP contribution in [0.3, 0.4) is 0 Å². The van der Waals surface area contributed by atoms with Gasteiger partial charge in [0, 0.05) is 17.7 Å². The Kier molecular flexibility index (Phi) is 7.33. The molecule has 1 aromatic rings. The Bertz CT molecular complexity index is 1030. The van der Waals surface area contributed by atoms with Crippen molar-refractivity contribution in [1.29, 1.82) is 0 Å². The van der Waals surface area contributed by atoms with Crippen LogP contribution in [0.1, 0.15) is 40.5 Å². The molecule has 0 N–H and O–H groups in total. The van der Waals surface area contributed by atoms with Crippen LogP contribution in [0.15, 0.2) is 58.9 Å². The molecule has 0 radical (unpaired) electrons. The Balaban J connectivity index is 1.74. The second kappa shape index (κ2) is 9.69. The predicted molar refractivity (Wildman–Crippen MR) is 122 cm³/mol. The molecule has 9 heteroatoms. The average molecular weight is 478 g/mol. The van der Waals surface area contributed by atoms with E-state index in [4.69, 9.17) is 14.2 Å². The van der Waals surface area contributed by atoms with E-state index in [0.717, 1.165) is 4.90 Å². The van der Waals surface area contributed by atoms with Gasteiger partial charge in [0.2, 0.25) is 0 Å². The average Bonchev–Trinajstić information content (AvgIpc) is 3.22. The van der Waals surface area contributed by atoms with Gasteiger partial charge < -0.3 is 14.2 Å². The van der Waals surface area contributed by atoms with E-state index in [1.165, 1.54) is 5.41 Å². The molecule has 4 atom stereocenters. The summed E-state index contributed by atoms with van der Waals surface area (Å²) in [7, 11) is -3.66. The molecule has 0 aromatic heterocycles. The molecular formula is C24H31NO7S. The van der Waals surface area contributed by atoms with Crippen LogP contribution in [0.25, 0.3) is 0 Å². The summed E-state index contributed by atoms with van der Waals surface area (Å²) in [5, 5.41) is 1.29. The maximum atomic E-state index is 12.9. The fourth-order valence-electron chi connectivity index (χ4n) is 3.93. The lowest BCUT2D eigenvalue weighted by molar-refractivity contribution is 0.0112. The Hall–Kier alpha value is -2.65. The number of carbonyl (C=O) groups excluding carboxylic acids is 2. The standard InChI is InChI=1S/C24H31NO7S/c1-6-10-20-19(15-33(28,29)18-11-8-7-9-12-18)16(2)21(31-20)13-17-14-25(22(26)30-17)23(27)32-24(3,4)5/h6-9,11-12,15-17,20-21H,1,10,13-14H2,2-5H3/b19-15-/t16-,17+,20+,21-/m1/s1. The highest BCUT2D eigenvalue weighted by molar-refractivity contribution is 7.94. The minimum Gasteiger partial charge on any atom is -0.444 e. The van der Waals surface area contributed by atoms with Gasteiger partial charge in [-0.2, -0.15) is 0 Å². The molecule has 2 fully saturated rings. The van der Waals surface area contributed by atoms with Crippen molar-refractivity contribution in [1.82, 2.24) is 4.90 Å². The van der Waals surface area contributed by atoms with Gasteiger partial charge in [-0.25, -0.2) is 22.9 Å². The first kappa shape index (κ1) is 25.0. The fraction of sp³-hybridized carbons (Fsp3) is 0.500. The highest BCUT2D eigenvalue weighted by Crippen LogP contribution is 2.38. The third kappa shape index (κ3) is 6.03. The fourth-order valence-corrected chi connectivity index (χ4v) is 5.33. The van der Waals surface area contributed by atoms with E-state index in [0.29, 0.717) is 18.4 Å². The third-order valence-corrected chi connectivity index (χ3v) is 7.03. The number of amides is 2. The molecular weight excluding hydrogens is 446 g/mol. The van der Waals surface area contributed by atoms with Crippen LogP contribution in [0.4, 0.5) is 9.59 Å². The maximum Gasteiger partial charge on any atom is 0.419 e. The minimum absolute atomic E-state index is 0.0494. The molecule has 2 aliphatic heterocycles. The summed E-state index contributed by atoms with van der Waals surface area (Å²) in [5.74, 6) is -0.234. The van der Waals surface area contributed by atoms with Crippen molar-refractivity contribution in [2.24, 2.45) is 5.92 Å². The van der Waals surface area contributed by atoms with E-state index in [9.17, 15) is 18.0 Å².